The fraction of sp³-hybridized carbons (Fsp3) is 0.200. The van der Waals surface area contributed by atoms with Crippen molar-refractivity contribution in [3.63, 3.8) is 0 Å². The zero-order chi connectivity index (χ0) is 22.6. The van der Waals surface area contributed by atoms with Crippen molar-refractivity contribution < 1.29 is 0 Å². The van der Waals surface area contributed by atoms with Crippen LogP contribution in [-0.4, -0.2) is 0 Å². The highest BCUT2D eigenvalue weighted by molar-refractivity contribution is 5.87. The molecule has 0 unspecified atom stereocenters. The predicted octanol–water partition coefficient (Wildman–Crippen LogP) is 8.99. The SMILES string of the molecule is C=C/C=C(\C=C)C1(/C(C=C)=C/C=C\C)c2ccccc2-c2ccccc21.CC.CC. The summed E-state index contributed by atoms with van der Waals surface area (Å²) >= 11 is 0. The van der Waals surface area contributed by atoms with E-state index in [-0.39, 0.29) is 0 Å². The summed E-state index contributed by atoms with van der Waals surface area (Å²) in [5.41, 5.74) is 6.81. The molecule has 2 aromatic rings. The van der Waals surface area contributed by atoms with Gasteiger partial charge in [-0.15, -0.1) is 0 Å². The van der Waals surface area contributed by atoms with Crippen molar-refractivity contribution in [2.24, 2.45) is 0 Å². The molecule has 0 bridgehead atoms. The van der Waals surface area contributed by atoms with E-state index in [1.165, 1.54) is 22.3 Å². The molecule has 0 saturated carbocycles. The zero-order valence-corrected chi connectivity index (χ0v) is 19.3. The maximum Gasteiger partial charge on any atom is 0.0713 e. The second kappa shape index (κ2) is 12.4. The minimum atomic E-state index is -0.440. The fourth-order valence-electron chi connectivity index (χ4n) is 4.04. The Morgan fingerprint density at radius 1 is 0.700 bits per heavy atom. The first-order valence-corrected chi connectivity index (χ1v) is 10.9. The summed E-state index contributed by atoms with van der Waals surface area (Å²) in [6.45, 7) is 22.2. The molecule has 0 saturated heterocycles. The summed E-state index contributed by atoms with van der Waals surface area (Å²) in [5.74, 6) is 0. The molecular weight excluding hydrogens is 360 g/mol. The molecule has 0 fully saturated rings. The highest BCUT2D eigenvalue weighted by atomic mass is 14.5. The van der Waals surface area contributed by atoms with Crippen molar-refractivity contribution in [2.75, 3.05) is 0 Å². The normalized spacial score (nSPS) is 13.8. The molecule has 0 aromatic heterocycles. The lowest BCUT2D eigenvalue weighted by molar-refractivity contribution is 0.766. The minimum Gasteiger partial charge on any atom is -0.0991 e. The van der Waals surface area contributed by atoms with Gasteiger partial charge in [-0.3, -0.25) is 0 Å². The number of hydrogen-bond donors (Lipinski definition) is 0. The third-order valence-electron chi connectivity index (χ3n) is 5.02. The lowest BCUT2D eigenvalue weighted by Gasteiger charge is -2.35. The van der Waals surface area contributed by atoms with Crippen LogP contribution in [0.15, 0.2) is 122 Å². The van der Waals surface area contributed by atoms with Gasteiger partial charge in [0, 0.05) is 0 Å². The standard InChI is InChI=1S/C26H24.2C2H6/c1-5-9-15-21(8-4)26(20(7-3)14-6-2)24-18-12-10-16-22(24)23-17-11-13-19-25(23)26;2*1-2/h5-19H,2-4H2,1H3;2*1-2H3/b9-5-,20-14+,21-15+;;. The molecular formula is C30H36. The van der Waals surface area contributed by atoms with Crippen LogP contribution in [0.2, 0.25) is 0 Å². The Hall–Kier alpha value is -3.12. The summed E-state index contributed by atoms with van der Waals surface area (Å²) in [4.78, 5) is 0. The van der Waals surface area contributed by atoms with Gasteiger partial charge in [-0.05, 0) is 40.3 Å². The van der Waals surface area contributed by atoms with Gasteiger partial charge in [-0.1, -0.05) is 138 Å². The number of hydrogen-bond acceptors (Lipinski definition) is 0. The quantitative estimate of drug-likeness (QED) is 0.427. The molecule has 3 rings (SSSR count). The smallest absolute Gasteiger partial charge is 0.0713 e. The molecule has 0 N–H and O–H groups in total. The first-order valence-electron chi connectivity index (χ1n) is 10.9. The van der Waals surface area contributed by atoms with Gasteiger partial charge in [0.05, 0.1) is 5.41 Å². The van der Waals surface area contributed by atoms with E-state index in [9.17, 15) is 0 Å². The number of rotatable bonds is 6. The van der Waals surface area contributed by atoms with Gasteiger partial charge in [0.25, 0.3) is 0 Å². The van der Waals surface area contributed by atoms with Crippen LogP contribution in [-0.2, 0) is 5.41 Å². The van der Waals surface area contributed by atoms with Crippen molar-refractivity contribution in [3.05, 3.63) is 133 Å². The van der Waals surface area contributed by atoms with Gasteiger partial charge in [-0.2, -0.15) is 0 Å². The average molecular weight is 397 g/mol. The third kappa shape index (κ3) is 4.24. The molecule has 0 atom stereocenters. The molecule has 30 heavy (non-hydrogen) atoms. The maximum atomic E-state index is 4.14. The first-order chi connectivity index (χ1) is 14.7. The number of benzene rings is 2. The zero-order valence-electron chi connectivity index (χ0n) is 19.3. The van der Waals surface area contributed by atoms with Crippen LogP contribution in [0.1, 0.15) is 45.7 Å². The fourth-order valence-corrected chi connectivity index (χ4v) is 4.04. The second-order valence-electron chi connectivity index (χ2n) is 6.25. The van der Waals surface area contributed by atoms with Gasteiger partial charge in [0.15, 0.2) is 0 Å². The Morgan fingerprint density at radius 3 is 1.53 bits per heavy atom. The summed E-state index contributed by atoms with van der Waals surface area (Å²) in [7, 11) is 0. The Morgan fingerprint density at radius 2 is 1.13 bits per heavy atom. The van der Waals surface area contributed by atoms with E-state index >= 15 is 0 Å². The largest absolute Gasteiger partial charge is 0.0991 e. The van der Waals surface area contributed by atoms with E-state index in [4.69, 9.17) is 0 Å². The molecule has 1 aliphatic rings. The molecule has 0 spiro atoms. The average Bonchev–Trinajstić information content (AvgIpc) is 3.12. The van der Waals surface area contributed by atoms with Crippen LogP contribution in [0.5, 0.6) is 0 Å². The lowest BCUT2D eigenvalue weighted by atomic mass is 9.66. The van der Waals surface area contributed by atoms with E-state index in [0.29, 0.717) is 0 Å². The molecule has 0 nitrogen and oxygen atoms in total. The number of allylic oxidation sites excluding steroid dienone is 9. The second-order valence-corrected chi connectivity index (χ2v) is 6.25. The van der Waals surface area contributed by atoms with E-state index in [1.54, 1.807) is 0 Å². The Kier molecular flexibility index (Phi) is 10.3. The van der Waals surface area contributed by atoms with Crippen LogP contribution >= 0.6 is 0 Å². The first kappa shape index (κ1) is 24.9. The third-order valence-corrected chi connectivity index (χ3v) is 5.02. The molecule has 2 aromatic carbocycles. The Balaban J connectivity index is 0.00000106. The Bertz CT molecular complexity index is 902. The van der Waals surface area contributed by atoms with Crippen molar-refractivity contribution in [1.29, 1.82) is 0 Å². The number of fused-ring (bicyclic) bond motifs is 3. The van der Waals surface area contributed by atoms with Crippen LogP contribution in [0.25, 0.3) is 11.1 Å². The van der Waals surface area contributed by atoms with E-state index < -0.39 is 5.41 Å². The van der Waals surface area contributed by atoms with E-state index in [2.05, 4.69) is 86.5 Å². The highest BCUT2D eigenvalue weighted by Crippen LogP contribution is 2.56. The van der Waals surface area contributed by atoms with Gasteiger partial charge in [0.2, 0.25) is 0 Å². The monoisotopic (exact) mass is 396 g/mol. The van der Waals surface area contributed by atoms with E-state index in [0.717, 1.165) is 11.1 Å². The van der Waals surface area contributed by atoms with Crippen molar-refractivity contribution >= 4 is 0 Å². The van der Waals surface area contributed by atoms with Gasteiger partial charge in [-0.25, -0.2) is 0 Å². The van der Waals surface area contributed by atoms with Gasteiger partial charge < -0.3 is 0 Å². The summed E-state index contributed by atoms with van der Waals surface area (Å²) in [6.07, 6.45) is 14.0. The lowest BCUT2D eigenvalue weighted by Crippen LogP contribution is -2.29. The molecule has 0 amide bonds. The van der Waals surface area contributed by atoms with Crippen molar-refractivity contribution in [3.8, 4) is 11.1 Å². The predicted molar refractivity (Wildman–Crippen MR) is 137 cm³/mol. The van der Waals surface area contributed by atoms with E-state index in [1.807, 2.05) is 58.9 Å². The minimum absolute atomic E-state index is 0.440. The van der Waals surface area contributed by atoms with Crippen LogP contribution in [0.3, 0.4) is 0 Å². The van der Waals surface area contributed by atoms with Crippen molar-refractivity contribution in [1.82, 2.24) is 0 Å². The van der Waals surface area contributed by atoms with Crippen LogP contribution < -0.4 is 0 Å². The molecule has 0 heteroatoms. The summed E-state index contributed by atoms with van der Waals surface area (Å²) in [5, 5.41) is 0. The molecule has 0 aliphatic heterocycles. The summed E-state index contributed by atoms with van der Waals surface area (Å²) in [6, 6.07) is 17.2. The van der Waals surface area contributed by atoms with Gasteiger partial charge in [0.1, 0.15) is 0 Å². The van der Waals surface area contributed by atoms with Crippen molar-refractivity contribution in [2.45, 2.75) is 40.0 Å². The maximum absolute atomic E-state index is 4.14. The highest BCUT2D eigenvalue weighted by Gasteiger charge is 2.46. The summed E-state index contributed by atoms with van der Waals surface area (Å²) < 4.78 is 0. The molecule has 0 radical (unpaired) electrons. The van der Waals surface area contributed by atoms with Crippen LogP contribution in [0.4, 0.5) is 0 Å². The Labute approximate surface area is 184 Å². The molecule has 0 heterocycles. The van der Waals surface area contributed by atoms with Crippen LogP contribution in [0, 0.1) is 0 Å². The molecule has 1 aliphatic carbocycles. The topological polar surface area (TPSA) is 0 Å². The molecule has 156 valence electrons. The van der Waals surface area contributed by atoms with Gasteiger partial charge >= 0.3 is 0 Å².